The Bertz CT molecular complexity index is 1520. The molecule has 8 rings (SSSR count). The molecule has 1 spiro atoms. The Hall–Kier alpha value is -3.02. The Morgan fingerprint density at radius 3 is 2.21 bits per heavy atom. The van der Waals surface area contributed by atoms with Crippen molar-refractivity contribution in [1.29, 1.82) is 0 Å². The highest BCUT2D eigenvalue weighted by molar-refractivity contribution is 5.65. The highest BCUT2D eigenvalue weighted by Crippen LogP contribution is 2.65. The Morgan fingerprint density at radius 1 is 0.854 bits per heavy atom. The quantitative estimate of drug-likeness (QED) is 0.158. The third kappa shape index (κ3) is 6.15. The van der Waals surface area contributed by atoms with Crippen molar-refractivity contribution in [1.82, 2.24) is 9.80 Å². The molecule has 2 aliphatic heterocycles. The second-order valence-corrected chi connectivity index (χ2v) is 15.7. The molecule has 3 aromatic carbocycles. The second kappa shape index (κ2) is 14.1. The van der Waals surface area contributed by atoms with Crippen molar-refractivity contribution in [3.63, 3.8) is 0 Å². The summed E-state index contributed by atoms with van der Waals surface area (Å²) in [6, 6.07) is 24.7. The number of phenolic OH excluding ortho intramolecular Hbond substituents is 1. The van der Waals surface area contributed by atoms with Crippen molar-refractivity contribution in [2.45, 2.75) is 113 Å². The number of hydrogen-bond donors (Lipinski definition) is 1. The number of ether oxygens (including phenoxy) is 2. The molecule has 3 aliphatic carbocycles. The topological polar surface area (TPSA) is 45.2 Å². The lowest BCUT2D eigenvalue weighted by Gasteiger charge is -2.60. The van der Waals surface area contributed by atoms with Crippen molar-refractivity contribution in [2.75, 3.05) is 33.3 Å². The van der Waals surface area contributed by atoms with Crippen LogP contribution in [0.1, 0.15) is 92.9 Å². The molecule has 0 aromatic heterocycles. The molecule has 256 valence electrons. The highest BCUT2D eigenvalue weighted by atomic mass is 16.5. The maximum atomic E-state index is 11.4. The fourth-order valence-electron chi connectivity index (χ4n) is 10.4. The van der Waals surface area contributed by atoms with E-state index in [4.69, 9.17) is 9.47 Å². The minimum atomic E-state index is -0.0272. The fraction of sp³-hybridized carbons (Fsp3) is 0.581. The molecule has 2 bridgehead atoms. The molecule has 3 fully saturated rings. The molecular weight excluding hydrogens is 592 g/mol. The summed E-state index contributed by atoms with van der Waals surface area (Å²) in [6.45, 7) is 4.67. The number of likely N-dealkylation sites (tertiary alicyclic amines) is 1. The van der Waals surface area contributed by atoms with E-state index in [2.05, 4.69) is 70.5 Å². The number of aromatic hydroxyl groups is 1. The molecular formula is C43H56N2O3. The first-order valence-corrected chi connectivity index (χ1v) is 19.3. The van der Waals surface area contributed by atoms with Crippen molar-refractivity contribution in [3.05, 3.63) is 89.0 Å². The normalized spacial score (nSPS) is 27.1. The van der Waals surface area contributed by atoms with Gasteiger partial charge >= 0.3 is 0 Å². The zero-order valence-corrected chi connectivity index (χ0v) is 29.1. The Morgan fingerprint density at radius 2 is 1.52 bits per heavy atom. The van der Waals surface area contributed by atoms with Gasteiger partial charge in [-0.25, -0.2) is 0 Å². The molecule has 2 heterocycles. The van der Waals surface area contributed by atoms with Gasteiger partial charge in [0.25, 0.3) is 0 Å². The van der Waals surface area contributed by atoms with Gasteiger partial charge < -0.3 is 14.6 Å². The van der Waals surface area contributed by atoms with E-state index in [0.717, 1.165) is 61.9 Å². The van der Waals surface area contributed by atoms with E-state index in [1.165, 1.54) is 93.9 Å². The van der Waals surface area contributed by atoms with E-state index in [0.29, 0.717) is 23.8 Å². The second-order valence-electron chi connectivity index (χ2n) is 15.7. The van der Waals surface area contributed by atoms with Crippen LogP contribution in [0.3, 0.4) is 0 Å². The number of methoxy groups -OCH3 is 1. The summed E-state index contributed by atoms with van der Waals surface area (Å²) in [7, 11) is 1.73. The number of rotatable bonds is 16. The van der Waals surface area contributed by atoms with Crippen LogP contribution in [0.5, 0.6) is 17.2 Å². The van der Waals surface area contributed by atoms with E-state index in [1.807, 2.05) is 6.07 Å². The van der Waals surface area contributed by atoms with Gasteiger partial charge in [-0.05, 0) is 120 Å². The number of hydrogen-bond acceptors (Lipinski definition) is 5. The maximum Gasteiger partial charge on any atom is 0.166 e. The standard InChI is InChI=1S/C43H56N2O3/c1-47-39-29-38(46)34-28-37-35-22-23-36(42-43(35,40(34)41(39)48-42)24-27-45(37)30-33-20-21-33)44(26-13-11-19-32-17-9-5-10-18-32)25-12-3-2-6-14-31-15-7-4-8-16-31/h4-5,7-10,15-18,29,33,35-37,42,46H,2-3,6,11-14,19-28,30H2,1H3/t35-,36-,37+,42-,43-/m0/s1. The zero-order chi connectivity index (χ0) is 32.5. The summed E-state index contributed by atoms with van der Waals surface area (Å²) in [4.78, 5) is 5.68. The third-order valence-electron chi connectivity index (χ3n) is 12.9. The van der Waals surface area contributed by atoms with Crippen LogP contribution in [0.25, 0.3) is 0 Å². The Balaban J connectivity index is 1.02. The number of piperidine rings is 1. The molecule has 2 saturated carbocycles. The van der Waals surface area contributed by atoms with Gasteiger partial charge in [-0.2, -0.15) is 0 Å². The molecule has 5 atom stereocenters. The van der Waals surface area contributed by atoms with Crippen LogP contribution >= 0.6 is 0 Å². The monoisotopic (exact) mass is 648 g/mol. The van der Waals surface area contributed by atoms with Crippen molar-refractivity contribution >= 4 is 0 Å². The number of nitrogens with zero attached hydrogens (tertiary/aromatic N) is 2. The van der Waals surface area contributed by atoms with Crippen LogP contribution in [-0.4, -0.2) is 66.4 Å². The highest BCUT2D eigenvalue weighted by Gasteiger charge is 2.67. The molecule has 3 aromatic rings. The summed E-state index contributed by atoms with van der Waals surface area (Å²) in [5.41, 5.74) is 5.36. The summed E-state index contributed by atoms with van der Waals surface area (Å²) < 4.78 is 13.2. The molecule has 5 nitrogen and oxygen atoms in total. The molecule has 1 N–H and O–H groups in total. The van der Waals surface area contributed by atoms with Gasteiger partial charge in [-0.3, -0.25) is 9.80 Å². The molecule has 0 amide bonds. The van der Waals surface area contributed by atoms with Crippen LogP contribution in [0, 0.1) is 11.8 Å². The first kappa shape index (κ1) is 32.2. The van der Waals surface area contributed by atoms with E-state index < -0.39 is 0 Å². The predicted molar refractivity (Wildman–Crippen MR) is 193 cm³/mol. The van der Waals surface area contributed by atoms with Gasteiger partial charge in [0, 0.05) is 41.2 Å². The average molecular weight is 649 g/mol. The zero-order valence-electron chi connectivity index (χ0n) is 29.1. The lowest BCUT2D eigenvalue weighted by atomic mass is 9.50. The number of phenols is 1. The number of benzene rings is 3. The number of aryl methyl sites for hydroxylation is 2. The van der Waals surface area contributed by atoms with Crippen molar-refractivity contribution < 1.29 is 14.6 Å². The first-order valence-electron chi connectivity index (χ1n) is 19.3. The predicted octanol–water partition coefficient (Wildman–Crippen LogP) is 8.35. The molecule has 1 saturated heterocycles. The van der Waals surface area contributed by atoms with Crippen LogP contribution in [-0.2, 0) is 24.7 Å². The molecule has 0 unspecified atom stereocenters. The van der Waals surface area contributed by atoms with Gasteiger partial charge in [0.05, 0.1) is 7.11 Å². The average Bonchev–Trinajstić information content (AvgIpc) is 3.88. The fourth-order valence-corrected chi connectivity index (χ4v) is 10.4. The first-order chi connectivity index (χ1) is 23.7. The Labute approximate surface area is 288 Å². The Kier molecular flexibility index (Phi) is 9.44. The van der Waals surface area contributed by atoms with Gasteiger partial charge in [0.2, 0.25) is 0 Å². The summed E-state index contributed by atoms with van der Waals surface area (Å²) in [5.74, 6) is 3.56. The van der Waals surface area contributed by atoms with Crippen molar-refractivity contribution in [3.8, 4) is 17.2 Å². The van der Waals surface area contributed by atoms with Crippen LogP contribution in [0.4, 0.5) is 0 Å². The van der Waals surface area contributed by atoms with E-state index in [-0.39, 0.29) is 11.5 Å². The van der Waals surface area contributed by atoms with E-state index >= 15 is 0 Å². The van der Waals surface area contributed by atoms with Gasteiger partial charge in [0.1, 0.15) is 11.9 Å². The molecule has 48 heavy (non-hydrogen) atoms. The summed E-state index contributed by atoms with van der Waals surface area (Å²) in [5, 5.41) is 11.4. The maximum absolute atomic E-state index is 11.4. The van der Waals surface area contributed by atoms with Gasteiger partial charge in [-0.15, -0.1) is 0 Å². The van der Waals surface area contributed by atoms with E-state index in [1.54, 1.807) is 7.11 Å². The lowest BCUT2D eigenvalue weighted by molar-refractivity contribution is -0.0898. The van der Waals surface area contributed by atoms with Crippen LogP contribution in [0.15, 0.2) is 66.7 Å². The third-order valence-corrected chi connectivity index (χ3v) is 12.9. The summed E-state index contributed by atoms with van der Waals surface area (Å²) in [6.07, 6.45) is 17.3. The van der Waals surface area contributed by atoms with Gasteiger partial charge in [-0.1, -0.05) is 73.5 Å². The molecule has 5 heteroatoms. The smallest absolute Gasteiger partial charge is 0.166 e. The minimum absolute atomic E-state index is 0.0272. The largest absolute Gasteiger partial charge is 0.508 e. The SMILES string of the molecule is COc1cc(O)c2c3c1O[C@H]1[C@@H](N(CCCCCCc4ccccc4)CCCCc4ccccc4)CC[C@H]4[C@@H](C2)N(CC2CC2)CC[C@@]341. The van der Waals surface area contributed by atoms with Gasteiger partial charge in [0.15, 0.2) is 11.5 Å². The number of unbranched alkanes of at least 4 members (excludes halogenated alkanes) is 4. The van der Waals surface area contributed by atoms with Crippen molar-refractivity contribution in [2.24, 2.45) is 11.8 Å². The van der Waals surface area contributed by atoms with Crippen LogP contribution in [0.2, 0.25) is 0 Å². The summed E-state index contributed by atoms with van der Waals surface area (Å²) >= 11 is 0. The van der Waals surface area contributed by atoms with Crippen LogP contribution < -0.4 is 9.47 Å². The lowest BCUT2D eigenvalue weighted by Crippen LogP contribution is -2.69. The molecule has 0 radical (unpaired) electrons. The minimum Gasteiger partial charge on any atom is -0.508 e. The molecule has 5 aliphatic rings. The van der Waals surface area contributed by atoms with E-state index in [9.17, 15) is 5.11 Å².